The minimum Gasteiger partial charge on any atom is -0.480 e. The van der Waals surface area contributed by atoms with Crippen molar-refractivity contribution in [3.63, 3.8) is 0 Å². The van der Waals surface area contributed by atoms with Crippen molar-refractivity contribution in [1.29, 1.82) is 0 Å². The van der Waals surface area contributed by atoms with Crippen LogP contribution >= 0.6 is 11.6 Å². The van der Waals surface area contributed by atoms with Gasteiger partial charge in [0.1, 0.15) is 10.6 Å². The number of carbonyl (C=O) groups excluding carboxylic acids is 1. The molecule has 0 saturated carbocycles. The summed E-state index contributed by atoms with van der Waals surface area (Å²) < 4.78 is 5.14. The molecule has 23 heavy (non-hydrogen) atoms. The monoisotopic (exact) mass is 344 g/mol. The van der Waals surface area contributed by atoms with Gasteiger partial charge in [0.15, 0.2) is 0 Å². The van der Waals surface area contributed by atoms with E-state index in [1.807, 2.05) is 0 Å². The quantitative estimate of drug-likeness (QED) is 0.360. The first-order valence-electron chi connectivity index (χ1n) is 6.57. The first-order chi connectivity index (χ1) is 10.5. The van der Waals surface area contributed by atoms with Crippen molar-refractivity contribution in [2.45, 2.75) is 31.8 Å². The number of hydrogen-bond acceptors (Lipinski definition) is 6. The highest BCUT2D eigenvalue weighted by atomic mass is 35.5. The molecule has 1 unspecified atom stereocenters. The summed E-state index contributed by atoms with van der Waals surface area (Å²) in [7, 11) is 0. The standard InChI is InChI=1S/C14H17ClN2O6/c1-13(2,3)23-12(20)14(7-16,11(18)19)8-4-5-9(15)10(6-8)17(21)22/h4-6H,7,16H2,1-3H3,(H,18,19). The van der Waals surface area contributed by atoms with Crippen LogP contribution in [0.4, 0.5) is 5.69 Å². The van der Waals surface area contributed by atoms with Gasteiger partial charge in [0, 0.05) is 12.6 Å². The average molecular weight is 345 g/mol. The Kier molecular flexibility index (Phi) is 5.34. The molecule has 3 N–H and O–H groups in total. The average Bonchev–Trinajstić information content (AvgIpc) is 2.38. The lowest BCUT2D eigenvalue weighted by atomic mass is 9.80. The molecule has 8 nitrogen and oxygen atoms in total. The lowest BCUT2D eigenvalue weighted by Crippen LogP contribution is -2.52. The number of hydrogen-bond donors (Lipinski definition) is 2. The number of ether oxygens (including phenoxy) is 1. The second-order valence-corrected chi connectivity index (χ2v) is 6.25. The number of carboxylic acid groups (broad SMARTS) is 1. The van der Waals surface area contributed by atoms with Crippen LogP contribution in [0, 0.1) is 10.1 Å². The molecule has 0 aromatic heterocycles. The fourth-order valence-electron chi connectivity index (χ4n) is 1.90. The van der Waals surface area contributed by atoms with Crippen LogP contribution < -0.4 is 5.73 Å². The second-order valence-electron chi connectivity index (χ2n) is 5.84. The number of carboxylic acids is 1. The van der Waals surface area contributed by atoms with Crippen molar-refractivity contribution in [2.75, 3.05) is 6.54 Å². The molecular formula is C14H17ClN2O6. The number of esters is 1. The number of halogens is 1. The molecule has 0 amide bonds. The fourth-order valence-corrected chi connectivity index (χ4v) is 2.09. The third-order valence-electron chi connectivity index (χ3n) is 3.05. The van der Waals surface area contributed by atoms with E-state index in [1.54, 1.807) is 20.8 Å². The number of nitrogens with zero attached hydrogens (tertiary/aromatic N) is 1. The predicted molar refractivity (Wildman–Crippen MR) is 82.3 cm³/mol. The van der Waals surface area contributed by atoms with Crippen LogP contribution in [-0.4, -0.2) is 34.1 Å². The maximum absolute atomic E-state index is 12.4. The summed E-state index contributed by atoms with van der Waals surface area (Å²) in [6.45, 7) is 4.07. The van der Waals surface area contributed by atoms with Gasteiger partial charge in [-0.05, 0) is 32.4 Å². The SMILES string of the molecule is CC(C)(C)OC(=O)C(CN)(C(=O)O)c1ccc(Cl)c([N+](=O)[O-])c1. The summed E-state index contributed by atoms with van der Waals surface area (Å²) in [5.41, 5.74) is 1.64. The highest BCUT2D eigenvalue weighted by molar-refractivity contribution is 6.32. The van der Waals surface area contributed by atoms with E-state index < -0.39 is 40.1 Å². The highest BCUT2D eigenvalue weighted by Crippen LogP contribution is 2.33. The molecule has 1 rings (SSSR count). The van der Waals surface area contributed by atoms with E-state index in [1.165, 1.54) is 6.07 Å². The van der Waals surface area contributed by atoms with Crippen LogP contribution in [0.15, 0.2) is 18.2 Å². The zero-order valence-electron chi connectivity index (χ0n) is 12.8. The maximum Gasteiger partial charge on any atom is 0.329 e. The Morgan fingerprint density at radius 1 is 1.39 bits per heavy atom. The maximum atomic E-state index is 12.4. The van der Waals surface area contributed by atoms with E-state index in [0.29, 0.717) is 0 Å². The van der Waals surface area contributed by atoms with Crippen molar-refractivity contribution in [1.82, 2.24) is 0 Å². The first kappa shape index (κ1) is 18.9. The summed E-state index contributed by atoms with van der Waals surface area (Å²) in [6.07, 6.45) is 0. The third kappa shape index (κ3) is 3.77. The Balaban J connectivity index is 3.54. The normalized spacial score (nSPS) is 14.0. The van der Waals surface area contributed by atoms with Gasteiger partial charge in [-0.15, -0.1) is 0 Å². The van der Waals surface area contributed by atoms with E-state index in [4.69, 9.17) is 22.1 Å². The lowest BCUT2D eigenvalue weighted by molar-refractivity contribution is -0.384. The Labute approximate surface area is 137 Å². The summed E-state index contributed by atoms with van der Waals surface area (Å²) >= 11 is 5.71. The number of benzene rings is 1. The zero-order valence-corrected chi connectivity index (χ0v) is 13.6. The van der Waals surface area contributed by atoms with Crippen LogP contribution in [0.1, 0.15) is 26.3 Å². The van der Waals surface area contributed by atoms with Crippen molar-refractivity contribution in [3.8, 4) is 0 Å². The number of carbonyl (C=O) groups is 2. The summed E-state index contributed by atoms with van der Waals surface area (Å²) in [4.78, 5) is 34.4. The lowest BCUT2D eigenvalue weighted by Gasteiger charge is -2.30. The van der Waals surface area contributed by atoms with Crippen molar-refractivity contribution >= 4 is 29.2 Å². The van der Waals surface area contributed by atoms with Crippen LogP contribution in [0.2, 0.25) is 5.02 Å². The summed E-state index contributed by atoms with van der Waals surface area (Å²) in [5, 5.41) is 20.4. The molecule has 0 saturated heterocycles. The summed E-state index contributed by atoms with van der Waals surface area (Å²) in [5.74, 6) is -2.66. The van der Waals surface area contributed by atoms with Crippen LogP contribution in [-0.2, 0) is 19.7 Å². The van der Waals surface area contributed by atoms with Crippen LogP contribution in [0.25, 0.3) is 0 Å². The molecule has 0 bridgehead atoms. The van der Waals surface area contributed by atoms with Crippen LogP contribution in [0.5, 0.6) is 0 Å². The van der Waals surface area contributed by atoms with Gasteiger partial charge in [-0.3, -0.25) is 19.7 Å². The molecule has 0 aliphatic heterocycles. The topological polar surface area (TPSA) is 133 Å². The van der Waals surface area contributed by atoms with Gasteiger partial charge in [0.05, 0.1) is 4.92 Å². The first-order valence-corrected chi connectivity index (χ1v) is 6.95. The molecule has 0 aliphatic carbocycles. The highest BCUT2D eigenvalue weighted by Gasteiger charge is 2.50. The van der Waals surface area contributed by atoms with E-state index in [-0.39, 0.29) is 10.6 Å². The van der Waals surface area contributed by atoms with Gasteiger partial charge in [0.2, 0.25) is 5.41 Å². The van der Waals surface area contributed by atoms with Crippen molar-refractivity contribution in [2.24, 2.45) is 5.73 Å². The smallest absolute Gasteiger partial charge is 0.329 e. The Hall–Kier alpha value is -2.19. The number of rotatable bonds is 5. The van der Waals surface area contributed by atoms with Gasteiger partial charge in [-0.25, -0.2) is 0 Å². The third-order valence-corrected chi connectivity index (χ3v) is 3.37. The predicted octanol–water partition coefficient (Wildman–Crippen LogP) is 1.87. The molecular weight excluding hydrogens is 328 g/mol. The molecule has 126 valence electrons. The number of nitrogens with two attached hydrogens (primary N) is 1. The zero-order chi connectivity index (χ0) is 18.0. The molecule has 0 heterocycles. The van der Waals surface area contributed by atoms with Gasteiger partial charge in [-0.2, -0.15) is 0 Å². The Morgan fingerprint density at radius 2 is 1.96 bits per heavy atom. The minimum absolute atomic E-state index is 0.169. The molecule has 0 radical (unpaired) electrons. The minimum atomic E-state index is -2.26. The Bertz CT molecular complexity index is 655. The number of nitro groups is 1. The van der Waals surface area contributed by atoms with Gasteiger partial charge in [0.25, 0.3) is 5.69 Å². The largest absolute Gasteiger partial charge is 0.480 e. The van der Waals surface area contributed by atoms with Gasteiger partial charge in [-0.1, -0.05) is 17.7 Å². The van der Waals surface area contributed by atoms with E-state index >= 15 is 0 Å². The van der Waals surface area contributed by atoms with E-state index in [9.17, 15) is 24.8 Å². The summed E-state index contributed by atoms with van der Waals surface area (Å²) in [6, 6.07) is 3.28. The van der Waals surface area contributed by atoms with Crippen LogP contribution in [0.3, 0.4) is 0 Å². The van der Waals surface area contributed by atoms with E-state index in [0.717, 1.165) is 12.1 Å². The molecule has 9 heteroatoms. The number of nitro benzene ring substituents is 1. The molecule has 1 aromatic rings. The molecule has 1 aromatic carbocycles. The molecule has 1 atom stereocenters. The van der Waals surface area contributed by atoms with E-state index in [2.05, 4.69) is 0 Å². The van der Waals surface area contributed by atoms with Crippen molar-refractivity contribution in [3.05, 3.63) is 38.9 Å². The molecule has 0 aliphatic rings. The fraction of sp³-hybridized carbons (Fsp3) is 0.429. The number of aliphatic carboxylic acids is 1. The van der Waals surface area contributed by atoms with Gasteiger partial charge < -0.3 is 15.6 Å². The van der Waals surface area contributed by atoms with Gasteiger partial charge >= 0.3 is 11.9 Å². The molecule has 0 fully saturated rings. The van der Waals surface area contributed by atoms with Crippen molar-refractivity contribution < 1.29 is 24.4 Å². The molecule has 0 spiro atoms. The second kappa shape index (κ2) is 6.51. The Morgan fingerprint density at radius 3 is 2.35 bits per heavy atom.